The topological polar surface area (TPSA) is 58.8 Å². The minimum absolute atomic E-state index is 0.0858. The van der Waals surface area contributed by atoms with E-state index in [9.17, 15) is 4.79 Å². The number of hydrogen-bond acceptors (Lipinski definition) is 4. The minimum atomic E-state index is -0.464. The number of hydrogen-bond donors (Lipinski definition) is 1. The van der Waals surface area contributed by atoms with Gasteiger partial charge in [-0.3, -0.25) is 9.69 Å². The zero-order valence-electron chi connectivity index (χ0n) is 20.9. The third-order valence-electron chi connectivity index (χ3n) is 4.94. The standard InChI is InChI=1S/C19H23N3O2.C6H5Cl.C2H6.CH3Cl/c20-19(23)15-24-18-8-6-17(7-9-18)22-12-10-21(11-13-22)14-16-4-2-1-3-5-16;7-6-4-2-1-3-5-6;2*1-2/h1-9H,10-15H2,(H2,20,23);1-5H;1-2H3;1H3. The molecule has 35 heavy (non-hydrogen) atoms. The highest BCUT2D eigenvalue weighted by atomic mass is 35.5. The molecule has 1 aliphatic heterocycles. The van der Waals surface area contributed by atoms with Gasteiger partial charge in [-0.1, -0.05) is 74.0 Å². The number of benzene rings is 3. The lowest BCUT2D eigenvalue weighted by molar-refractivity contribution is -0.119. The van der Waals surface area contributed by atoms with E-state index in [1.807, 2.05) is 68.4 Å². The van der Waals surface area contributed by atoms with Gasteiger partial charge < -0.3 is 15.4 Å². The van der Waals surface area contributed by atoms with Gasteiger partial charge in [-0.05, 0) is 42.0 Å². The van der Waals surface area contributed by atoms with E-state index in [-0.39, 0.29) is 6.61 Å². The van der Waals surface area contributed by atoms with Crippen molar-refractivity contribution in [3.05, 3.63) is 95.5 Å². The first kappa shape index (κ1) is 30.3. The Morgan fingerprint density at radius 3 is 1.80 bits per heavy atom. The van der Waals surface area contributed by atoms with E-state index in [1.54, 1.807) is 0 Å². The predicted molar refractivity (Wildman–Crippen MR) is 150 cm³/mol. The molecular weight excluding hydrogens is 481 g/mol. The van der Waals surface area contributed by atoms with Crippen molar-refractivity contribution >= 4 is 34.8 Å². The number of carbonyl (C=O) groups excluding carboxylic acids is 1. The molecule has 0 bridgehead atoms. The lowest BCUT2D eigenvalue weighted by Crippen LogP contribution is -2.45. The fourth-order valence-corrected chi connectivity index (χ4v) is 3.47. The van der Waals surface area contributed by atoms with Crippen molar-refractivity contribution in [3.8, 4) is 5.75 Å². The van der Waals surface area contributed by atoms with E-state index >= 15 is 0 Å². The molecule has 2 N–H and O–H groups in total. The minimum Gasteiger partial charge on any atom is -0.484 e. The first-order chi connectivity index (χ1) is 17.1. The van der Waals surface area contributed by atoms with Gasteiger partial charge in [0.05, 0.1) is 0 Å². The van der Waals surface area contributed by atoms with Gasteiger partial charge in [-0.25, -0.2) is 0 Å². The fraction of sp³-hybridized carbons (Fsp3) is 0.321. The zero-order valence-corrected chi connectivity index (χ0v) is 22.4. The normalized spacial score (nSPS) is 12.5. The summed E-state index contributed by atoms with van der Waals surface area (Å²) in [7, 11) is 0. The second kappa shape index (κ2) is 18.6. The SMILES string of the molecule is CC.CCl.Clc1ccccc1.NC(=O)COc1ccc(N2CCN(Cc3ccccc3)CC2)cc1. The number of rotatable bonds is 6. The zero-order chi connectivity index (χ0) is 25.9. The van der Waals surface area contributed by atoms with Gasteiger partial charge in [0.1, 0.15) is 5.75 Å². The molecule has 1 saturated heterocycles. The smallest absolute Gasteiger partial charge is 0.255 e. The molecule has 5 nitrogen and oxygen atoms in total. The lowest BCUT2D eigenvalue weighted by Gasteiger charge is -2.36. The Morgan fingerprint density at radius 1 is 0.829 bits per heavy atom. The molecule has 1 heterocycles. The molecule has 3 aromatic carbocycles. The van der Waals surface area contributed by atoms with Crippen LogP contribution in [0.2, 0.25) is 5.02 Å². The Balaban J connectivity index is 0.000000468. The number of ether oxygens (including phenoxy) is 1. The molecule has 0 spiro atoms. The van der Waals surface area contributed by atoms with Crippen LogP contribution in [0.3, 0.4) is 0 Å². The highest BCUT2D eigenvalue weighted by Crippen LogP contribution is 2.21. The maximum Gasteiger partial charge on any atom is 0.255 e. The maximum absolute atomic E-state index is 10.7. The molecule has 0 aliphatic carbocycles. The van der Waals surface area contributed by atoms with Gasteiger partial charge in [0.2, 0.25) is 0 Å². The lowest BCUT2D eigenvalue weighted by atomic mass is 10.2. The number of carbonyl (C=O) groups is 1. The van der Waals surface area contributed by atoms with E-state index in [4.69, 9.17) is 22.1 Å². The van der Waals surface area contributed by atoms with E-state index in [0.29, 0.717) is 5.75 Å². The Kier molecular flexibility index (Phi) is 16.1. The molecule has 0 saturated carbocycles. The quantitative estimate of drug-likeness (QED) is 0.401. The summed E-state index contributed by atoms with van der Waals surface area (Å²) in [5.41, 5.74) is 7.62. The van der Waals surface area contributed by atoms with Crippen LogP contribution in [0.25, 0.3) is 0 Å². The van der Waals surface area contributed by atoms with Gasteiger partial charge in [0.15, 0.2) is 6.61 Å². The van der Waals surface area contributed by atoms with Crippen LogP contribution in [-0.2, 0) is 11.3 Å². The van der Waals surface area contributed by atoms with Crippen molar-refractivity contribution in [2.75, 3.05) is 44.1 Å². The number of nitrogens with zero attached hydrogens (tertiary/aromatic N) is 2. The van der Waals surface area contributed by atoms with E-state index in [0.717, 1.165) is 37.7 Å². The average molecular weight is 519 g/mol. The third-order valence-corrected chi connectivity index (χ3v) is 5.19. The molecule has 4 rings (SSSR count). The van der Waals surface area contributed by atoms with Gasteiger partial charge in [-0.2, -0.15) is 0 Å². The number of anilines is 1. The van der Waals surface area contributed by atoms with Crippen molar-refractivity contribution in [1.29, 1.82) is 0 Å². The molecule has 7 heteroatoms. The Hall–Kier alpha value is -2.73. The van der Waals surface area contributed by atoms with Gasteiger partial charge >= 0.3 is 0 Å². The van der Waals surface area contributed by atoms with Crippen LogP contribution in [0.4, 0.5) is 5.69 Å². The molecule has 1 fully saturated rings. The predicted octanol–water partition coefficient (Wildman–Crippen LogP) is 6.09. The Morgan fingerprint density at radius 2 is 1.34 bits per heavy atom. The first-order valence-electron chi connectivity index (χ1n) is 11.7. The largest absolute Gasteiger partial charge is 0.484 e. The number of amides is 1. The number of halogens is 2. The second-order valence-electron chi connectivity index (χ2n) is 7.29. The summed E-state index contributed by atoms with van der Waals surface area (Å²) in [4.78, 5) is 15.6. The van der Waals surface area contributed by atoms with Crippen LogP contribution >= 0.6 is 23.2 Å². The maximum atomic E-state index is 10.7. The number of primary amides is 1. The molecule has 190 valence electrons. The van der Waals surface area contributed by atoms with Crippen LogP contribution in [0, 0.1) is 0 Å². The fourth-order valence-electron chi connectivity index (χ4n) is 3.33. The number of nitrogens with two attached hydrogens (primary N) is 1. The summed E-state index contributed by atoms with van der Waals surface area (Å²) in [5, 5.41) is 0.794. The summed E-state index contributed by atoms with van der Waals surface area (Å²) in [6.45, 7) is 9.04. The summed E-state index contributed by atoms with van der Waals surface area (Å²) >= 11 is 10.2. The molecule has 0 unspecified atom stereocenters. The van der Waals surface area contributed by atoms with Gasteiger partial charge in [-0.15, -0.1) is 11.6 Å². The molecule has 0 radical (unpaired) electrons. The monoisotopic (exact) mass is 517 g/mol. The summed E-state index contributed by atoms with van der Waals surface area (Å²) in [6, 6.07) is 27.9. The first-order valence-corrected chi connectivity index (χ1v) is 12.8. The Bertz CT molecular complexity index is 918. The molecule has 3 aromatic rings. The highest BCUT2D eigenvalue weighted by Gasteiger charge is 2.17. The average Bonchev–Trinajstić information content (AvgIpc) is 2.92. The molecule has 1 amide bonds. The van der Waals surface area contributed by atoms with Crippen molar-refractivity contribution in [3.63, 3.8) is 0 Å². The van der Waals surface area contributed by atoms with Crippen LogP contribution in [0.15, 0.2) is 84.9 Å². The van der Waals surface area contributed by atoms with E-state index < -0.39 is 5.91 Å². The van der Waals surface area contributed by atoms with E-state index in [1.165, 1.54) is 17.6 Å². The molecule has 1 aliphatic rings. The van der Waals surface area contributed by atoms with Gasteiger partial charge in [0.25, 0.3) is 5.91 Å². The van der Waals surface area contributed by atoms with Crippen LogP contribution in [-0.4, -0.2) is 50.0 Å². The molecule has 0 atom stereocenters. The van der Waals surface area contributed by atoms with Crippen molar-refractivity contribution in [2.45, 2.75) is 20.4 Å². The van der Waals surface area contributed by atoms with Crippen molar-refractivity contribution < 1.29 is 9.53 Å². The van der Waals surface area contributed by atoms with Gasteiger partial charge in [0, 0.05) is 49.8 Å². The molecule has 0 aromatic heterocycles. The number of alkyl halides is 1. The highest BCUT2D eigenvalue weighted by molar-refractivity contribution is 6.30. The van der Waals surface area contributed by atoms with E-state index in [2.05, 4.69) is 51.7 Å². The van der Waals surface area contributed by atoms with Crippen LogP contribution in [0.1, 0.15) is 19.4 Å². The second-order valence-corrected chi connectivity index (χ2v) is 7.73. The molecular formula is C28H37Cl2N3O2. The summed E-state index contributed by atoms with van der Waals surface area (Å²) in [5.74, 6) is 0.203. The Labute approximate surface area is 220 Å². The van der Waals surface area contributed by atoms with Crippen molar-refractivity contribution in [1.82, 2.24) is 4.90 Å². The summed E-state index contributed by atoms with van der Waals surface area (Å²) < 4.78 is 5.29. The number of piperazine rings is 1. The van der Waals surface area contributed by atoms with Crippen LogP contribution in [0.5, 0.6) is 5.75 Å². The third kappa shape index (κ3) is 12.5. The van der Waals surface area contributed by atoms with Crippen molar-refractivity contribution in [2.24, 2.45) is 5.73 Å². The van der Waals surface area contributed by atoms with Crippen LogP contribution < -0.4 is 15.4 Å². The summed E-state index contributed by atoms with van der Waals surface area (Å²) in [6.07, 6.45) is 1.47.